The van der Waals surface area contributed by atoms with Crippen molar-refractivity contribution in [1.82, 2.24) is 5.32 Å². The third kappa shape index (κ3) is 7.35. The highest BCUT2D eigenvalue weighted by molar-refractivity contribution is 6.12. The van der Waals surface area contributed by atoms with E-state index in [1.165, 1.54) is 0 Å². The lowest BCUT2D eigenvalue weighted by Crippen LogP contribution is -2.45. The highest BCUT2D eigenvalue weighted by Gasteiger charge is 2.34. The van der Waals surface area contributed by atoms with Crippen molar-refractivity contribution in [2.24, 2.45) is 0 Å². The standard InChI is InChI=1S/C38H34N2O4/c1-38(37(43)44,40-34-18-9-8-17-33(34)36(42)31-14-6-3-7-15-31)24-27-19-21-29(22-20-27)32-16-10-11-28(23-32)25-39-26-35(41)30-12-4-2-5-13-30/h2-23,39-40H,24-26H2,1H3,(H,43,44)/t38-/m1/s1. The summed E-state index contributed by atoms with van der Waals surface area (Å²) < 4.78 is 0. The van der Waals surface area contributed by atoms with Crippen molar-refractivity contribution < 1.29 is 19.5 Å². The number of Topliss-reactive ketones (excluding diaryl/α,β-unsaturated/α-hetero) is 1. The van der Waals surface area contributed by atoms with Gasteiger partial charge in [-0.3, -0.25) is 9.59 Å². The van der Waals surface area contributed by atoms with Crippen LogP contribution in [-0.2, 0) is 17.8 Å². The average molecular weight is 583 g/mol. The van der Waals surface area contributed by atoms with E-state index in [-0.39, 0.29) is 24.5 Å². The van der Waals surface area contributed by atoms with Crippen LogP contribution >= 0.6 is 0 Å². The van der Waals surface area contributed by atoms with Gasteiger partial charge in [0.2, 0.25) is 0 Å². The molecule has 0 aliphatic heterocycles. The second-order valence-corrected chi connectivity index (χ2v) is 11.0. The fraction of sp³-hybridized carbons (Fsp3) is 0.132. The SMILES string of the molecule is C[C@](Cc1ccc(-c2cccc(CNCC(=O)c3ccccc3)c2)cc1)(Nc1ccccc1C(=O)c1ccccc1)C(=O)O. The van der Waals surface area contributed by atoms with Gasteiger partial charge >= 0.3 is 5.97 Å². The number of benzene rings is 5. The van der Waals surface area contributed by atoms with Crippen LogP contribution in [0.5, 0.6) is 0 Å². The van der Waals surface area contributed by atoms with E-state index in [1.807, 2.05) is 78.9 Å². The normalized spacial score (nSPS) is 12.2. The molecule has 0 spiro atoms. The van der Waals surface area contributed by atoms with E-state index in [1.54, 1.807) is 55.5 Å². The van der Waals surface area contributed by atoms with Crippen molar-refractivity contribution in [1.29, 1.82) is 0 Å². The summed E-state index contributed by atoms with van der Waals surface area (Å²) >= 11 is 0. The number of aliphatic carboxylic acids is 1. The van der Waals surface area contributed by atoms with E-state index in [0.29, 0.717) is 28.9 Å². The molecule has 44 heavy (non-hydrogen) atoms. The number of hydrogen-bond acceptors (Lipinski definition) is 5. The smallest absolute Gasteiger partial charge is 0.329 e. The lowest BCUT2D eigenvalue weighted by Gasteiger charge is -2.29. The summed E-state index contributed by atoms with van der Waals surface area (Å²) in [5.41, 5.74) is 4.67. The van der Waals surface area contributed by atoms with E-state index >= 15 is 0 Å². The molecule has 220 valence electrons. The molecule has 0 aliphatic carbocycles. The number of hydrogen-bond donors (Lipinski definition) is 3. The van der Waals surface area contributed by atoms with Crippen LogP contribution < -0.4 is 10.6 Å². The minimum absolute atomic E-state index is 0.0477. The van der Waals surface area contributed by atoms with Crippen molar-refractivity contribution in [3.05, 3.63) is 161 Å². The van der Waals surface area contributed by atoms with Gasteiger partial charge in [-0.05, 0) is 47.4 Å². The molecule has 0 unspecified atom stereocenters. The van der Waals surface area contributed by atoms with E-state index in [9.17, 15) is 19.5 Å². The Bertz CT molecular complexity index is 1750. The molecular weight excluding hydrogens is 548 g/mol. The van der Waals surface area contributed by atoms with Gasteiger partial charge in [-0.1, -0.05) is 115 Å². The largest absolute Gasteiger partial charge is 0.480 e. The van der Waals surface area contributed by atoms with Gasteiger partial charge in [0.25, 0.3) is 0 Å². The van der Waals surface area contributed by atoms with Crippen LogP contribution in [0.1, 0.15) is 44.3 Å². The molecule has 0 heterocycles. The minimum atomic E-state index is -1.36. The Labute approximate surface area is 257 Å². The zero-order chi connectivity index (χ0) is 30.9. The third-order valence-electron chi connectivity index (χ3n) is 7.57. The van der Waals surface area contributed by atoms with Gasteiger partial charge in [-0.2, -0.15) is 0 Å². The number of rotatable bonds is 13. The third-order valence-corrected chi connectivity index (χ3v) is 7.57. The van der Waals surface area contributed by atoms with Crippen LogP contribution in [0.15, 0.2) is 133 Å². The maximum absolute atomic E-state index is 13.2. The Morgan fingerprint density at radius 1 is 0.659 bits per heavy atom. The van der Waals surface area contributed by atoms with Gasteiger partial charge in [0.15, 0.2) is 11.6 Å². The van der Waals surface area contributed by atoms with Crippen molar-refractivity contribution >= 4 is 23.2 Å². The number of carbonyl (C=O) groups excluding carboxylic acids is 2. The van der Waals surface area contributed by atoms with Crippen LogP contribution in [0.25, 0.3) is 11.1 Å². The fourth-order valence-electron chi connectivity index (χ4n) is 5.14. The maximum atomic E-state index is 13.2. The zero-order valence-electron chi connectivity index (χ0n) is 24.5. The van der Waals surface area contributed by atoms with Gasteiger partial charge in [0, 0.05) is 35.3 Å². The zero-order valence-corrected chi connectivity index (χ0v) is 24.5. The van der Waals surface area contributed by atoms with E-state index in [4.69, 9.17) is 0 Å². The van der Waals surface area contributed by atoms with Crippen LogP contribution in [0.4, 0.5) is 5.69 Å². The molecule has 1 atom stereocenters. The van der Waals surface area contributed by atoms with Crippen molar-refractivity contribution in [3.63, 3.8) is 0 Å². The number of carboxylic acid groups (broad SMARTS) is 1. The quantitative estimate of drug-likeness (QED) is 0.129. The summed E-state index contributed by atoms with van der Waals surface area (Å²) in [5, 5.41) is 16.7. The van der Waals surface area contributed by atoms with E-state index < -0.39 is 11.5 Å². The van der Waals surface area contributed by atoms with Gasteiger partial charge in [0.05, 0.1) is 6.54 Å². The Hall–Kier alpha value is -5.33. The first-order valence-corrected chi connectivity index (χ1v) is 14.5. The average Bonchev–Trinajstić information content (AvgIpc) is 3.06. The first kappa shape index (κ1) is 30.1. The lowest BCUT2D eigenvalue weighted by molar-refractivity contribution is -0.141. The fourth-order valence-corrected chi connectivity index (χ4v) is 5.14. The first-order chi connectivity index (χ1) is 21.3. The molecule has 3 N–H and O–H groups in total. The Balaban J connectivity index is 1.26. The summed E-state index contributed by atoms with van der Waals surface area (Å²) in [6.07, 6.45) is 0.204. The Kier molecular flexibility index (Phi) is 9.43. The predicted molar refractivity (Wildman–Crippen MR) is 174 cm³/mol. The van der Waals surface area contributed by atoms with Crippen molar-refractivity contribution in [2.75, 3.05) is 11.9 Å². The number of carboxylic acids is 1. The van der Waals surface area contributed by atoms with Crippen LogP contribution in [0.2, 0.25) is 0 Å². The van der Waals surface area contributed by atoms with Gasteiger partial charge in [-0.15, -0.1) is 0 Å². The van der Waals surface area contributed by atoms with Gasteiger partial charge in [-0.25, -0.2) is 4.79 Å². The van der Waals surface area contributed by atoms with Crippen molar-refractivity contribution in [3.8, 4) is 11.1 Å². The van der Waals surface area contributed by atoms with Crippen LogP contribution in [0, 0.1) is 0 Å². The summed E-state index contributed by atoms with van der Waals surface area (Å²) in [7, 11) is 0. The molecule has 0 saturated heterocycles. The number of ketones is 2. The maximum Gasteiger partial charge on any atom is 0.329 e. The van der Waals surface area contributed by atoms with Crippen molar-refractivity contribution in [2.45, 2.75) is 25.4 Å². The number of para-hydroxylation sites is 1. The molecule has 6 nitrogen and oxygen atoms in total. The summed E-state index contributed by atoms with van der Waals surface area (Å²) in [6.45, 7) is 2.44. The number of anilines is 1. The molecule has 0 amide bonds. The highest BCUT2D eigenvalue weighted by atomic mass is 16.4. The summed E-state index contributed by atoms with van der Waals surface area (Å²) in [6, 6.07) is 41.1. The van der Waals surface area contributed by atoms with E-state index in [0.717, 1.165) is 22.3 Å². The van der Waals surface area contributed by atoms with Crippen LogP contribution in [0.3, 0.4) is 0 Å². The lowest BCUT2D eigenvalue weighted by atomic mass is 9.90. The molecule has 0 radical (unpaired) electrons. The number of nitrogens with one attached hydrogen (secondary N) is 2. The van der Waals surface area contributed by atoms with Gasteiger partial charge in [0.1, 0.15) is 5.54 Å². The first-order valence-electron chi connectivity index (χ1n) is 14.5. The second-order valence-electron chi connectivity index (χ2n) is 11.0. The number of carbonyl (C=O) groups is 3. The summed E-state index contributed by atoms with van der Waals surface area (Å²) in [5.74, 6) is -1.15. The molecule has 0 fully saturated rings. The molecule has 0 saturated carbocycles. The highest BCUT2D eigenvalue weighted by Crippen LogP contribution is 2.27. The van der Waals surface area contributed by atoms with Crippen LogP contribution in [-0.4, -0.2) is 34.7 Å². The molecule has 5 aromatic rings. The second kappa shape index (κ2) is 13.8. The molecule has 6 heteroatoms. The summed E-state index contributed by atoms with van der Waals surface area (Å²) in [4.78, 5) is 38.1. The molecule has 5 rings (SSSR count). The minimum Gasteiger partial charge on any atom is -0.480 e. The van der Waals surface area contributed by atoms with E-state index in [2.05, 4.69) is 16.7 Å². The monoisotopic (exact) mass is 582 g/mol. The topological polar surface area (TPSA) is 95.5 Å². The molecule has 5 aromatic carbocycles. The predicted octanol–water partition coefficient (Wildman–Crippen LogP) is 7.06. The molecular formula is C38H34N2O4. The Morgan fingerprint density at radius 3 is 1.98 bits per heavy atom. The molecule has 0 bridgehead atoms. The Morgan fingerprint density at radius 2 is 1.30 bits per heavy atom. The van der Waals surface area contributed by atoms with Gasteiger partial charge < -0.3 is 15.7 Å². The molecule has 0 aliphatic rings. The molecule has 0 aromatic heterocycles.